The van der Waals surface area contributed by atoms with E-state index >= 15 is 0 Å². The molecule has 11 heteroatoms. The van der Waals surface area contributed by atoms with Crippen LogP contribution < -0.4 is 0 Å². The molecule has 1 aromatic carbocycles. The van der Waals surface area contributed by atoms with E-state index in [0.717, 1.165) is 30.2 Å². The van der Waals surface area contributed by atoms with Gasteiger partial charge in [-0.05, 0) is 31.4 Å². The molecule has 3 nitrogen and oxygen atoms in total. The zero-order chi connectivity index (χ0) is 19.9. The third-order valence-electron chi connectivity index (χ3n) is 4.05. The second kappa shape index (κ2) is 7.01. The third-order valence-corrected chi connectivity index (χ3v) is 6.80. The summed E-state index contributed by atoms with van der Waals surface area (Å²) in [7, 11) is -7.78. The van der Waals surface area contributed by atoms with Crippen LogP contribution in [0, 0.1) is 6.92 Å². The average Bonchev–Trinajstić information content (AvgIpc) is 2.75. The molecule has 1 heterocycles. The van der Waals surface area contributed by atoms with Crippen LogP contribution in [0.1, 0.15) is 35.6 Å². The Bertz CT molecular complexity index is 892. The van der Waals surface area contributed by atoms with E-state index in [4.69, 9.17) is 13.0 Å². The number of halogens is 6. The molecule has 0 aliphatic heterocycles. The number of fused-ring (bicyclic) bond motifs is 1. The second-order valence-electron chi connectivity index (χ2n) is 5.81. The van der Waals surface area contributed by atoms with E-state index in [-0.39, 0.29) is 5.92 Å². The molecule has 0 amide bonds. The number of hydrogen-bond acceptors (Lipinski definition) is 3. The van der Waals surface area contributed by atoms with Crippen LogP contribution in [0.25, 0.3) is 10.1 Å². The van der Waals surface area contributed by atoms with Gasteiger partial charge in [-0.3, -0.25) is 0 Å². The Morgan fingerprint density at radius 3 is 2.04 bits per heavy atom. The summed E-state index contributed by atoms with van der Waals surface area (Å²) in [6, 6.07) is 7.07. The summed E-state index contributed by atoms with van der Waals surface area (Å²) in [5, 5.41) is 0.806. The topological polar surface area (TPSA) is 57.2 Å². The number of hydrogen-bond donors (Lipinski definition) is 0. The van der Waals surface area contributed by atoms with Crippen molar-refractivity contribution in [3.63, 3.8) is 0 Å². The molecule has 0 bridgehead atoms. The van der Waals surface area contributed by atoms with Crippen LogP contribution in [0.5, 0.6) is 0 Å². The Kier molecular flexibility index (Phi) is 5.65. The molecule has 26 heavy (non-hydrogen) atoms. The number of rotatable bonds is 1. The van der Waals surface area contributed by atoms with Crippen LogP contribution in [-0.4, -0.2) is 18.5 Å². The van der Waals surface area contributed by atoms with Gasteiger partial charge in [0.1, 0.15) is 0 Å². The first-order valence-corrected chi connectivity index (χ1v) is 10.0. The molecule has 1 fully saturated rings. The highest BCUT2D eigenvalue weighted by molar-refractivity contribution is 7.86. The highest BCUT2D eigenvalue weighted by Gasteiger charge is 2.50. The van der Waals surface area contributed by atoms with Crippen LogP contribution in [0.3, 0.4) is 0 Å². The molecule has 0 N–H and O–H groups in total. The van der Waals surface area contributed by atoms with Crippen LogP contribution in [0.15, 0.2) is 24.3 Å². The number of benzene rings is 1. The van der Waals surface area contributed by atoms with E-state index in [0.29, 0.717) is 9.58 Å². The maximum absolute atomic E-state index is 13.3. The molecule has 0 spiro atoms. The summed E-state index contributed by atoms with van der Waals surface area (Å²) in [6.07, 6.45) is 2.89. The lowest BCUT2D eigenvalue weighted by Gasteiger charge is -2.21. The minimum atomic E-state index is -6.09. The van der Waals surface area contributed by atoms with Crippen LogP contribution in [0.2, 0.25) is 0 Å². The van der Waals surface area contributed by atoms with Crippen molar-refractivity contribution in [1.82, 2.24) is 0 Å². The molecule has 0 radical (unpaired) electrons. The quantitative estimate of drug-likeness (QED) is 0.258. The predicted octanol–water partition coefficient (Wildman–Crippen LogP) is 5.69. The Labute approximate surface area is 148 Å². The van der Waals surface area contributed by atoms with Gasteiger partial charge in [0.05, 0.1) is 10.5 Å². The minimum absolute atomic E-state index is 0.154. The molecule has 1 saturated carbocycles. The first kappa shape index (κ1) is 21.0. The fourth-order valence-corrected chi connectivity index (χ4v) is 4.81. The highest BCUT2D eigenvalue weighted by Crippen LogP contribution is 2.56. The lowest BCUT2D eigenvalue weighted by Crippen LogP contribution is -2.21. The summed E-state index contributed by atoms with van der Waals surface area (Å²) in [5.74, 6) is 0.154. The largest absolute Gasteiger partial charge is 0.741 e. The van der Waals surface area contributed by atoms with Crippen molar-refractivity contribution in [2.24, 2.45) is 0 Å². The molecule has 1 aliphatic rings. The van der Waals surface area contributed by atoms with E-state index in [9.17, 15) is 26.3 Å². The van der Waals surface area contributed by atoms with Gasteiger partial charge in [-0.2, -0.15) is 13.2 Å². The fraction of sp³-hybridized carbons (Fsp3) is 0.467. The van der Waals surface area contributed by atoms with Gasteiger partial charge in [-0.25, -0.2) is 8.42 Å². The molecular weight excluding hydrogens is 406 g/mol. The molecule has 1 atom stereocenters. The van der Waals surface area contributed by atoms with Gasteiger partial charge < -0.3 is 4.55 Å². The third kappa shape index (κ3) is 4.32. The lowest BCUT2D eigenvalue weighted by molar-refractivity contribution is -0.0868. The fourth-order valence-electron chi connectivity index (χ4n) is 2.58. The molecule has 3 rings (SSSR count). The summed E-state index contributed by atoms with van der Waals surface area (Å²) < 4.78 is 99.3. The van der Waals surface area contributed by atoms with Gasteiger partial charge in [0.2, 0.25) is 0 Å². The van der Waals surface area contributed by atoms with Crippen molar-refractivity contribution < 1.29 is 39.3 Å². The van der Waals surface area contributed by atoms with Gasteiger partial charge in [0.25, 0.3) is 0 Å². The van der Waals surface area contributed by atoms with Crippen LogP contribution >= 0.6 is 10.5 Å². The molecule has 1 unspecified atom stereocenters. The molecule has 146 valence electrons. The van der Waals surface area contributed by atoms with E-state index < -0.39 is 31.6 Å². The van der Waals surface area contributed by atoms with Crippen molar-refractivity contribution in [1.29, 1.82) is 0 Å². The number of alkyl halides is 6. The first-order valence-electron chi connectivity index (χ1n) is 7.38. The van der Waals surface area contributed by atoms with Crippen LogP contribution in [-0.2, 0) is 15.6 Å². The summed E-state index contributed by atoms with van der Waals surface area (Å²) >= 11 is 0. The first-order chi connectivity index (χ1) is 11.7. The standard InChI is InChI=1S/C14H14F3S.CHF3O3S/c1-9-4-2-7-12-11(9)8-13(10-5-3-6-10)18(12)14(15,16)17;2-1(3,4)8(5,6)7/h2,4,7-8,10H,3,5-6H2,1H3;(H,5,6,7)/q+1;/p-1. The van der Waals surface area contributed by atoms with Gasteiger partial charge in [-0.1, -0.05) is 18.6 Å². The van der Waals surface area contributed by atoms with Crippen molar-refractivity contribution in [3.8, 4) is 0 Å². The van der Waals surface area contributed by atoms with Crippen LogP contribution in [0.4, 0.5) is 26.3 Å². The summed E-state index contributed by atoms with van der Waals surface area (Å²) in [6.45, 7) is 1.89. The molecule has 0 saturated heterocycles. The number of aryl methyl sites for hydroxylation is 1. The smallest absolute Gasteiger partial charge is 0.600 e. The summed E-state index contributed by atoms with van der Waals surface area (Å²) in [5.41, 5.74) is -8.84. The van der Waals surface area contributed by atoms with Crippen molar-refractivity contribution in [3.05, 3.63) is 34.7 Å². The molecule has 1 aromatic heterocycles. The zero-order valence-electron chi connectivity index (χ0n) is 13.3. The summed E-state index contributed by atoms with van der Waals surface area (Å²) in [4.78, 5) is 0.623. The minimum Gasteiger partial charge on any atom is -0.741 e. The molecule has 1 aliphatic carbocycles. The van der Waals surface area contributed by atoms with Gasteiger partial charge in [-0.15, -0.1) is 13.2 Å². The van der Waals surface area contributed by atoms with Crippen molar-refractivity contribution >= 4 is 30.7 Å². The van der Waals surface area contributed by atoms with Crippen molar-refractivity contribution in [2.45, 2.75) is 43.1 Å². The molecular formula is C15H14F6O3S2. The van der Waals surface area contributed by atoms with Crippen molar-refractivity contribution in [2.75, 3.05) is 0 Å². The Hall–Kier alpha value is -1.33. The maximum Gasteiger partial charge on any atom is 0.600 e. The van der Waals surface area contributed by atoms with E-state index in [2.05, 4.69) is 0 Å². The van der Waals surface area contributed by atoms with Gasteiger partial charge in [0, 0.05) is 17.4 Å². The normalized spacial score (nSPS) is 16.8. The maximum atomic E-state index is 13.3. The highest BCUT2D eigenvalue weighted by atomic mass is 32.2. The number of thiophene rings is 1. The van der Waals surface area contributed by atoms with E-state index in [1.165, 1.54) is 0 Å². The monoisotopic (exact) mass is 420 g/mol. The predicted molar refractivity (Wildman–Crippen MR) is 84.8 cm³/mol. The van der Waals surface area contributed by atoms with E-state index in [1.54, 1.807) is 12.1 Å². The Balaban J connectivity index is 0.000000260. The van der Waals surface area contributed by atoms with Gasteiger partial charge >= 0.3 is 11.0 Å². The molecule has 2 aromatic rings. The van der Waals surface area contributed by atoms with E-state index in [1.807, 2.05) is 19.1 Å². The van der Waals surface area contributed by atoms with Gasteiger partial charge in [0.15, 0.2) is 19.7 Å². The Morgan fingerprint density at radius 1 is 1.12 bits per heavy atom. The Morgan fingerprint density at radius 2 is 1.65 bits per heavy atom. The SMILES string of the molecule is Cc1cccc2c1cc(C1CCC1)[s+]2C(F)(F)F.O=S(=O)([O-])C(F)(F)F. The average molecular weight is 420 g/mol. The lowest BCUT2D eigenvalue weighted by atomic mass is 9.84. The zero-order valence-corrected chi connectivity index (χ0v) is 15.0. The second-order valence-corrected chi connectivity index (χ2v) is 9.17.